The molecule has 0 unspecified atom stereocenters. The molecule has 0 aliphatic heterocycles. The average Bonchev–Trinajstić information content (AvgIpc) is 2.30. The van der Waals surface area contributed by atoms with E-state index in [1.807, 2.05) is 0 Å². The van der Waals surface area contributed by atoms with E-state index in [9.17, 15) is 0 Å². The van der Waals surface area contributed by atoms with Crippen molar-refractivity contribution in [3.63, 3.8) is 0 Å². The van der Waals surface area contributed by atoms with Crippen molar-refractivity contribution in [2.24, 2.45) is 0 Å². The third-order valence-electron chi connectivity index (χ3n) is 3.97. The third kappa shape index (κ3) is 2.24. The Morgan fingerprint density at radius 3 is 2.25 bits per heavy atom. The first-order valence-electron chi connectivity index (χ1n) is 6.15. The summed E-state index contributed by atoms with van der Waals surface area (Å²) in [5.74, 6) is 0. The molecule has 2 heteroatoms. The van der Waals surface area contributed by atoms with Crippen molar-refractivity contribution in [2.75, 3.05) is 13.3 Å². The van der Waals surface area contributed by atoms with Crippen LogP contribution in [0.4, 0.5) is 0 Å². The molecule has 85 valence electrons. The van der Waals surface area contributed by atoms with Crippen molar-refractivity contribution < 1.29 is 0 Å². The van der Waals surface area contributed by atoms with E-state index in [1.165, 1.54) is 36.5 Å². The van der Waals surface area contributed by atoms with Gasteiger partial charge in [0.05, 0.1) is 0 Å². The van der Waals surface area contributed by atoms with Gasteiger partial charge in [0.25, 0.3) is 0 Å². The van der Waals surface area contributed by atoms with Crippen LogP contribution in [0.5, 0.6) is 0 Å². The van der Waals surface area contributed by atoms with E-state index in [2.05, 4.69) is 54.1 Å². The fourth-order valence-corrected chi connectivity index (χ4v) is 5.97. The maximum absolute atomic E-state index is 2.47. The molecule has 0 amide bonds. The van der Waals surface area contributed by atoms with E-state index in [1.54, 1.807) is 5.56 Å². The van der Waals surface area contributed by atoms with Crippen LogP contribution in [0.2, 0.25) is 0 Å². The summed E-state index contributed by atoms with van der Waals surface area (Å²) < 4.78 is 1.50. The van der Waals surface area contributed by atoms with E-state index in [-0.39, 0.29) is 7.92 Å². The summed E-state index contributed by atoms with van der Waals surface area (Å²) in [5.41, 5.74) is 1.64. The quantitative estimate of drug-likeness (QED) is 0.579. The van der Waals surface area contributed by atoms with Gasteiger partial charge in [-0.15, -0.1) is 0 Å². The summed E-state index contributed by atoms with van der Waals surface area (Å²) in [6.07, 6.45) is 7.12. The van der Waals surface area contributed by atoms with Crippen LogP contribution in [-0.4, -0.2) is 29.8 Å². The normalized spacial score (nSPS) is 20.0. The van der Waals surface area contributed by atoms with E-state index in [4.69, 9.17) is 0 Å². The van der Waals surface area contributed by atoms with Gasteiger partial charge in [0.2, 0.25) is 0 Å². The predicted molar refractivity (Wildman–Crippen MR) is 75.4 cm³/mol. The number of hydrogen-bond donors (Lipinski definition) is 0. The summed E-state index contributed by atoms with van der Waals surface area (Å²) in [7, 11) is 0.105. The van der Waals surface area contributed by atoms with E-state index in [0.29, 0.717) is 5.16 Å². The van der Waals surface area contributed by atoms with Crippen LogP contribution in [0.3, 0.4) is 0 Å². The Balaban J connectivity index is 2.43. The number of rotatable bonds is 2. The second-order valence-corrected chi connectivity index (χ2v) is 8.81. The Morgan fingerprint density at radius 1 is 1.06 bits per heavy atom. The Labute approximate surface area is 109 Å². The van der Waals surface area contributed by atoms with Gasteiger partial charge in [-0.05, 0) is 0 Å². The molecule has 0 N–H and O–H groups in total. The molecule has 1 aliphatic rings. The van der Waals surface area contributed by atoms with Gasteiger partial charge >= 0.3 is 109 Å². The molecule has 0 nitrogen and oxygen atoms in total. The molecule has 0 atom stereocenters. The summed E-state index contributed by atoms with van der Waals surface area (Å²) in [6, 6.07) is 9.05. The molecule has 0 bridgehead atoms. The van der Waals surface area contributed by atoms with Gasteiger partial charge in [0.15, 0.2) is 0 Å². The molecular formula is C14H20GeP. The van der Waals surface area contributed by atoms with Crippen LogP contribution < -0.4 is 4.40 Å². The third-order valence-corrected chi connectivity index (χ3v) is 7.28. The Morgan fingerprint density at radius 2 is 1.69 bits per heavy atom. The van der Waals surface area contributed by atoms with Gasteiger partial charge in [0, 0.05) is 0 Å². The summed E-state index contributed by atoms with van der Waals surface area (Å²) in [6.45, 7) is 4.93. The molecule has 3 radical (unpaired) electrons. The molecule has 0 aromatic heterocycles. The van der Waals surface area contributed by atoms with Crippen molar-refractivity contribution in [1.29, 1.82) is 0 Å². The monoisotopic (exact) mass is 293 g/mol. The molecule has 2 rings (SSSR count). The molecule has 0 saturated heterocycles. The number of hydrogen-bond acceptors (Lipinski definition) is 0. The van der Waals surface area contributed by atoms with E-state index in [0.717, 1.165) is 0 Å². The molecule has 1 aliphatic carbocycles. The zero-order chi connectivity index (χ0) is 11.6. The average molecular weight is 292 g/mol. The Hall–Kier alpha value is 0.193. The summed E-state index contributed by atoms with van der Waals surface area (Å²) in [4.78, 5) is 0. The summed E-state index contributed by atoms with van der Waals surface area (Å²) in [5, 5.41) is 0.527. The Bertz CT molecular complexity index is 354. The summed E-state index contributed by atoms with van der Waals surface area (Å²) >= 11 is 2.28. The van der Waals surface area contributed by atoms with Crippen LogP contribution in [0, 0.1) is 0 Å². The Kier molecular flexibility index (Phi) is 4.13. The van der Waals surface area contributed by atoms with Crippen molar-refractivity contribution >= 4 is 28.8 Å². The van der Waals surface area contributed by atoms with E-state index < -0.39 is 0 Å². The molecule has 16 heavy (non-hydrogen) atoms. The van der Waals surface area contributed by atoms with Crippen molar-refractivity contribution in [3.05, 3.63) is 29.8 Å². The van der Waals surface area contributed by atoms with Gasteiger partial charge in [-0.2, -0.15) is 0 Å². The second-order valence-electron chi connectivity index (χ2n) is 5.03. The molecule has 1 aromatic rings. The maximum atomic E-state index is 2.47. The first-order chi connectivity index (χ1) is 7.67. The molecule has 0 heterocycles. The van der Waals surface area contributed by atoms with Gasteiger partial charge < -0.3 is 0 Å². The van der Waals surface area contributed by atoms with Gasteiger partial charge in [0.1, 0.15) is 0 Å². The standard InChI is InChI=1S/C14H20GeP/c1-16(2)14(10-6-3-7-11-14)12-8-4-5-9-13(12)15/h4-5,8-9H,3,6-7,10-11H2,1-2H3. The molecular weight excluding hydrogens is 272 g/mol. The molecule has 1 saturated carbocycles. The first-order valence-corrected chi connectivity index (χ1v) is 9.44. The zero-order valence-electron chi connectivity index (χ0n) is 10.3. The second kappa shape index (κ2) is 5.23. The topological polar surface area (TPSA) is 0 Å². The van der Waals surface area contributed by atoms with Crippen LogP contribution in [0.1, 0.15) is 37.7 Å². The minimum absolute atomic E-state index is 0.105. The van der Waals surface area contributed by atoms with Crippen molar-refractivity contribution in [3.8, 4) is 0 Å². The number of benzene rings is 1. The van der Waals surface area contributed by atoms with Crippen LogP contribution in [-0.2, 0) is 5.16 Å². The molecule has 0 spiro atoms. The fraction of sp³-hybridized carbons (Fsp3) is 0.571. The molecule has 1 aromatic carbocycles. The van der Waals surface area contributed by atoms with Crippen molar-refractivity contribution in [2.45, 2.75) is 37.3 Å². The SMILES string of the molecule is CP(C)C1(c2cccc[c]2[Ge])CCCCC1. The van der Waals surface area contributed by atoms with Crippen LogP contribution in [0.25, 0.3) is 0 Å². The van der Waals surface area contributed by atoms with Gasteiger partial charge in [-0.25, -0.2) is 0 Å². The zero-order valence-corrected chi connectivity index (χ0v) is 13.3. The predicted octanol–water partition coefficient (Wildman–Crippen LogP) is 3.38. The molecule has 1 fully saturated rings. The van der Waals surface area contributed by atoms with Crippen LogP contribution >= 0.6 is 7.92 Å². The van der Waals surface area contributed by atoms with Gasteiger partial charge in [-0.1, -0.05) is 0 Å². The van der Waals surface area contributed by atoms with Crippen LogP contribution in [0.15, 0.2) is 24.3 Å². The van der Waals surface area contributed by atoms with Gasteiger partial charge in [-0.3, -0.25) is 0 Å². The fourth-order valence-electron chi connectivity index (χ4n) is 2.98. The van der Waals surface area contributed by atoms with E-state index >= 15 is 0 Å². The first kappa shape index (κ1) is 12.6. The minimum atomic E-state index is 0.105. The van der Waals surface area contributed by atoms with Crippen molar-refractivity contribution in [1.82, 2.24) is 0 Å².